The average Bonchev–Trinajstić information content (AvgIpc) is 2.44. The van der Waals surface area contributed by atoms with Crippen LogP contribution in [0.2, 0.25) is 0 Å². The molecule has 0 heterocycles. The van der Waals surface area contributed by atoms with Gasteiger partial charge in [-0.05, 0) is 44.2 Å². The van der Waals surface area contributed by atoms with Crippen molar-refractivity contribution in [2.24, 2.45) is 0 Å². The van der Waals surface area contributed by atoms with Crippen LogP contribution in [-0.4, -0.2) is 25.8 Å². The molecule has 0 aliphatic carbocycles. The molecule has 0 spiro atoms. The van der Waals surface area contributed by atoms with Crippen molar-refractivity contribution in [3.63, 3.8) is 0 Å². The largest absolute Gasteiger partial charge is 0.494 e. The van der Waals surface area contributed by atoms with E-state index in [2.05, 4.69) is 18.3 Å². The third-order valence-electron chi connectivity index (χ3n) is 2.61. The Bertz CT molecular complexity index is 384. The van der Waals surface area contributed by atoms with Crippen LogP contribution in [0.4, 0.5) is 0 Å². The Morgan fingerprint density at radius 3 is 2.32 bits per heavy atom. The van der Waals surface area contributed by atoms with Crippen LogP contribution in [-0.2, 0) is 0 Å². The zero-order valence-corrected chi connectivity index (χ0v) is 11.7. The van der Waals surface area contributed by atoms with Gasteiger partial charge < -0.3 is 14.8 Å². The molecule has 0 aliphatic heterocycles. The van der Waals surface area contributed by atoms with Gasteiger partial charge in [0.25, 0.3) is 0 Å². The molecule has 1 aromatic rings. The number of hydrogen-bond acceptors (Lipinski definition) is 4. The van der Waals surface area contributed by atoms with Gasteiger partial charge >= 0.3 is 0 Å². The summed E-state index contributed by atoms with van der Waals surface area (Å²) in [6.45, 7) is 6.09. The summed E-state index contributed by atoms with van der Waals surface area (Å²) < 4.78 is 11.0. The highest BCUT2D eigenvalue weighted by Crippen LogP contribution is 2.17. The number of rotatable bonds is 9. The van der Waals surface area contributed by atoms with Gasteiger partial charge in [0.05, 0.1) is 25.3 Å². The van der Waals surface area contributed by atoms with E-state index in [4.69, 9.17) is 14.7 Å². The SMILES string of the molecule is CCCNC(C#N)CCOc1ccc(OCC)cc1. The summed E-state index contributed by atoms with van der Waals surface area (Å²) >= 11 is 0. The predicted octanol–water partition coefficient (Wildman–Crippen LogP) is 2.75. The summed E-state index contributed by atoms with van der Waals surface area (Å²) in [5.41, 5.74) is 0. The van der Waals surface area contributed by atoms with Gasteiger partial charge in [-0.25, -0.2) is 0 Å². The lowest BCUT2D eigenvalue weighted by atomic mass is 10.2. The number of nitrogens with one attached hydrogen (secondary N) is 1. The van der Waals surface area contributed by atoms with E-state index in [0.717, 1.165) is 24.5 Å². The van der Waals surface area contributed by atoms with Crippen molar-refractivity contribution in [1.29, 1.82) is 5.26 Å². The number of ether oxygens (including phenoxy) is 2. The van der Waals surface area contributed by atoms with Crippen LogP contribution < -0.4 is 14.8 Å². The fourth-order valence-electron chi connectivity index (χ4n) is 1.62. The van der Waals surface area contributed by atoms with E-state index >= 15 is 0 Å². The maximum atomic E-state index is 8.96. The fourth-order valence-corrected chi connectivity index (χ4v) is 1.62. The van der Waals surface area contributed by atoms with E-state index in [1.807, 2.05) is 31.2 Å². The van der Waals surface area contributed by atoms with Crippen LogP contribution in [0.5, 0.6) is 11.5 Å². The minimum Gasteiger partial charge on any atom is -0.494 e. The second-order valence-corrected chi connectivity index (χ2v) is 4.18. The first-order valence-electron chi connectivity index (χ1n) is 6.78. The molecule has 0 amide bonds. The molecule has 1 unspecified atom stereocenters. The molecule has 0 bridgehead atoms. The lowest BCUT2D eigenvalue weighted by Gasteiger charge is -2.12. The molecule has 1 atom stereocenters. The highest BCUT2D eigenvalue weighted by Gasteiger charge is 2.05. The van der Waals surface area contributed by atoms with E-state index in [0.29, 0.717) is 19.6 Å². The number of nitriles is 1. The van der Waals surface area contributed by atoms with Crippen molar-refractivity contribution >= 4 is 0 Å². The number of benzene rings is 1. The van der Waals surface area contributed by atoms with Gasteiger partial charge in [0.15, 0.2) is 0 Å². The van der Waals surface area contributed by atoms with E-state index in [1.165, 1.54) is 0 Å². The van der Waals surface area contributed by atoms with Crippen LogP contribution >= 0.6 is 0 Å². The van der Waals surface area contributed by atoms with Gasteiger partial charge in [0.2, 0.25) is 0 Å². The molecule has 0 fully saturated rings. The Labute approximate surface area is 115 Å². The van der Waals surface area contributed by atoms with Crippen LogP contribution in [0.25, 0.3) is 0 Å². The summed E-state index contributed by atoms with van der Waals surface area (Å²) in [4.78, 5) is 0. The van der Waals surface area contributed by atoms with E-state index in [9.17, 15) is 0 Å². The van der Waals surface area contributed by atoms with Gasteiger partial charge in [-0.1, -0.05) is 6.92 Å². The van der Waals surface area contributed by atoms with Crippen molar-refractivity contribution in [2.45, 2.75) is 32.7 Å². The summed E-state index contributed by atoms with van der Waals surface area (Å²) in [5.74, 6) is 1.64. The maximum absolute atomic E-state index is 8.96. The van der Waals surface area contributed by atoms with Gasteiger partial charge in [-0.2, -0.15) is 5.26 Å². The fraction of sp³-hybridized carbons (Fsp3) is 0.533. The topological polar surface area (TPSA) is 54.3 Å². The first-order valence-corrected chi connectivity index (χ1v) is 6.78. The standard InChI is InChI=1S/C15H22N2O2/c1-3-10-17-13(12-16)9-11-19-15-7-5-14(6-8-15)18-4-2/h5-8,13,17H,3-4,9-11H2,1-2H3. The molecule has 1 aromatic carbocycles. The summed E-state index contributed by atoms with van der Waals surface area (Å²) in [6, 6.07) is 9.63. The minimum absolute atomic E-state index is 0.136. The molecular formula is C15H22N2O2. The first-order chi connectivity index (χ1) is 9.30. The maximum Gasteiger partial charge on any atom is 0.119 e. The molecule has 4 heteroatoms. The van der Waals surface area contributed by atoms with Crippen molar-refractivity contribution in [3.8, 4) is 17.6 Å². The van der Waals surface area contributed by atoms with Crippen LogP contribution in [0.3, 0.4) is 0 Å². The third-order valence-corrected chi connectivity index (χ3v) is 2.61. The van der Waals surface area contributed by atoms with Crippen LogP contribution in [0.15, 0.2) is 24.3 Å². The summed E-state index contributed by atoms with van der Waals surface area (Å²) in [6.07, 6.45) is 1.71. The van der Waals surface area contributed by atoms with Crippen molar-refractivity contribution < 1.29 is 9.47 Å². The van der Waals surface area contributed by atoms with E-state index in [-0.39, 0.29) is 6.04 Å². The Kier molecular flexibility index (Phi) is 7.45. The van der Waals surface area contributed by atoms with Crippen LogP contribution in [0.1, 0.15) is 26.7 Å². The van der Waals surface area contributed by atoms with Gasteiger partial charge in [0.1, 0.15) is 11.5 Å². The quantitative estimate of drug-likeness (QED) is 0.743. The molecule has 0 saturated carbocycles. The highest BCUT2D eigenvalue weighted by molar-refractivity contribution is 5.31. The molecule has 4 nitrogen and oxygen atoms in total. The molecular weight excluding hydrogens is 240 g/mol. The lowest BCUT2D eigenvalue weighted by molar-refractivity contribution is 0.296. The Balaban J connectivity index is 2.30. The lowest BCUT2D eigenvalue weighted by Crippen LogP contribution is -2.29. The van der Waals surface area contributed by atoms with Crippen LogP contribution in [0, 0.1) is 11.3 Å². The molecule has 0 aliphatic rings. The summed E-state index contributed by atoms with van der Waals surface area (Å²) in [7, 11) is 0. The monoisotopic (exact) mass is 262 g/mol. The highest BCUT2D eigenvalue weighted by atomic mass is 16.5. The smallest absolute Gasteiger partial charge is 0.119 e. The Morgan fingerprint density at radius 2 is 1.79 bits per heavy atom. The van der Waals surface area contributed by atoms with Crippen molar-refractivity contribution in [2.75, 3.05) is 19.8 Å². The number of nitrogens with zero attached hydrogens (tertiary/aromatic N) is 1. The molecule has 0 saturated heterocycles. The molecule has 19 heavy (non-hydrogen) atoms. The predicted molar refractivity (Wildman–Crippen MR) is 75.4 cm³/mol. The molecule has 104 valence electrons. The molecule has 1 rings (SSSR count). The number of hydrogen-bond donors (Lipinski definition) is 1. The Morgan fingerprint density at radius 1 is 1.16 bits per heavy atom. The van der Waals surface area contributed by atoms with E-state index < -0.39 is 0 Å². The molecule has 0 radical (unpaired) electrons. The van der Waals surface area contributed by atoms with E-state index in [1.54, 1.807) is 0 Å². The zero-order valence-electron chi connectivity index (χ0n) is 11.7. The van der Waals surface area contributed by atoms with Gasteiger partial charge in [0, 0.05) is 6.42 Å². The van der Waals surface area contributed by atoms with Gasteiger partial charge in [-0.15, -0.1) is 0 Å². The van der Waals surface area contributed by atoms with Crippen molar-refractivity contribution in [3.05, 3.63) is 24.3 Å². The first kappa shape index (κ1) is 15.3. The normalized spacial score (nSPS) is 11.6. The third kappa shape index (κ3) is 6.12. The zero-order chi connectivity index (χ0) is 13.9. The minimum atomic E-state index is -0.136. The second-order valence-electron chi connectivity index (χ2n) is 4.18. The Hall–Kier alpha value is -1.73. The average molecular weight is 262 g/mol. The second kappa shape index (κ2) is 9.23. The molecule has 0 aromatic heterocycles. The van der Waals surface area contributed by atoms with Gasteiger partial charge in [-0.3, -0.25) is 0 Å². The summed E-state index contributed by atoms with van der Waals surface area (Å²) in [5, 5.41) is 12.1. The van der Waals surface area contributed by atoms with Crippen molar-refractivity contribution in [1.82, 2.24) is 5.32 Å². The molecule has 1 N–H and O–H groups in total.